The summed E-state index contributed by atoms with van der Waals surface area (Å²) in [5.41, 5.74) is 0.688. The highest BCUT2D eigenvalue weighted by molar-refractivity contribution is 9.10. The van der Waals surface area contributed by atoms with Crippen molar-refractivity contribution in [2.24, 2.45) is 0 Å². The minimum Gasteiger partial charge on any atom is -0.481 e. The summed E-state index contributed by atoms with van der Waals surface area (Å²) < 4.78 is 1.02. The summed E-state index contributed by atoms with van der Waals surface area (Å²) in [6.45, 7) is 0.892. The summed E-state index contributed by atoms with van der Waals surface area (Å²) in [6.07, 6.45) is 3.24. The summed E-state index contributed by atoms with van der Waals surface area (Å²) in [6, 6.07) is 7.95. The molecule has 1 aliphatic heterocycles. The molecule has 2 N–H and O–H groups in total. The first-order chi connectivity index (χ1) is 8.12. The van der Waals surface area contributed by atoms with Crippen LogP contribution in [0.4, 0.5) is 0 Å². The number of hydrogen-bond acceptors (Lipinski definition) is 2. The van der Waals surface area contributed by atoms with Crippen LogP contribution in [0, 0.1) is 0 Å². The summed E-state index contributed by atoms with van der Waals surface area (Å²) in [5, 5.41) is 12.5. The van der Waals surface area contributed by atoms with Gasteiger partial charge in [-0.05, 0) is 43.5 Å². The minimum atomic E-state index is -0.748. The molecule has 0 amide bonds. The third kappa shape index (κ3) is 2.87. The molecule has 3 nitrogen and oxygen atoms in total. The molecule has 92 valence electrons. The van der Waals surface area contributed by atoms with E-state index in [1.54, 1.807) is 0 Å². The van der Waals surface area contributed by atoms with Crippen molar-refractivity contribution in [1.29, 1.82) is 0 Å². The SMILES string of the molecule is O=C(O)CC1(c2ccc(Br)cc2)CCCCN1. The summed E-state index contributed by atoms with van der Waals surface area (Å²) in [4.78, 5) is 11.1. The second-order valence-electron chi connectivity index (χ2n) is 4.54. The van der Waals surface area contributed by atoms with Crippen LogP contribution in [0.3, 0.4) is 0 Å². The number of piperidine rings is 1. The Morgan fingerprint density at radius 2 is 2.06 bits per heavy atom. The van der Waals surface area contributed by atoms with E-state index >= 15 is 0 Å². The molecule has 1 fully saturated rings. The number of aliphatic carboxylic acids is 1. The monoisotopic (exact) mass is 297 g/mol. The molecule has 1 aromatic carbocycles. The average Bonchev–Trinajstić information content (AvgIpc) is 2.30. The van der Waals surface area contributed by atoms with Crippen LogP contribution in [0.5, 0.6) is 0 Å². The molecule has 1 aromatic rings. The molecule has 0 aliphatic carbocycles. The zero-order valence-corrected chi connectivity index (χ0v) is 11.2. The van der Waals surface area contributed by atoms with Crippen LogP contribution in [0.1, 0.15) is 31.2 Å². The van der Waals surface area contributed by atoms with E-state index in [4.69, 9.17) is 5.11 Å². The largest absolute Gasteiger partial charge is 0.481 e. The van der Waals surface area contributed by atoms with Gasteiger partial charge in [-0.25, -0.2) is 0 Å². The second kappa shape index (κ2) is 5.19. The maximum atomic E-state index is 11.1. The fourth-order valence-electron chi connectivity index (χ4n) is 2.49. The molecule has 17 heavy (non-hydrogen) atoms. The van der Waals surface area contributed by atoms with Crippen LogP contribution in [0.15, 0.2) is 28.7 Å². The van der Waals surface area contributed by atoms with Crippen molar-refractivity contribution >= 4 is 21.9 Å². The van der Waals surface area contributed by atoms with Gasteiger partial charge in [-0.1, -0.05) is 28.1 Å². The first-order valence-corrected chi connectivity index (χ1v) is 6.65. The lowest BCUT2D eigenvalue weighted by molar-refractivity contribution is -0.139. The van der Waals surface area contributed by atoms with Crippen LogP contribution < -0.4 is 5.32 Å². The zero-order valence-electron chi connectivity index (χ0n) is 9.58. The van der Waals surface area contributed by atoms with Gasteiger partial charge in [-0.3, -0.25) is 4.79 Å². The second-order valence-corrected chi connectivity index (χ2v) is 5.46. The van der Waals surface area contributed by atoms with Gasteiger partial charge in [0.1, 0.15) is 0 Å². The lowest BCUT2D eigenvalue weighted by atomic mass is 9.80. The van der Waals surface area contributed by atoms with Crippen LogP contribution in [0.25, 0.3) is 0 Å². The van der Waals surface area contributed by atoms with Crippen molar-refractivity contribution in [3.8, 4) is 0 Å². The molecule has 0 bridgehead atoms. The van der Waals surface area contributed by atoms with Gasteiger partial charge in [0.25, 0.3) is 0 Å². The molecule has 1 unspecified atom stereocenters. The van der Waals surface area contributed by atoms with Crippen molar-refractivity contribution in [2.75, 3.05) is 6.54 Å². The maximum Gasteiger partial charge on any atom is 0.305 e. The molecule has 1 aliphatic rings. The molecule has 1 atom stereocenters. The standard InChI is InChI=1S/C13H16BrNO2/c14-11-5-3-10(4-6-11)13(9-12(16)17)7-1-2-8-15-13/h3-6,15H,1-2,7-9H2,(H,16,17). The van der Waals surface area contributed by atoms with Gasteiger partial charge >= 0.3 is 5.97 Å². The topological polar surface area (TPSA) is 49.3 Å². The third-order valence-corrected chi connectivity index (χ3v) is 3.87. The Labute approximate surface area is 109 Å². The summed E-state index contributed by atoms with van der Waals surface area (Å²) in [5.74, 6) is -0.748. The van der Waals surface area contributed by atoms with Gasteiger partial charge in [0.05, 0.1) is 12.0 Å². The molecule has 2 rings (SSSR count). The first kappa shape index (κ1) is 12.6. The van der Waals surface area contributed by atoms with E-state index in [0.29, 0.717) is 0 Å². The van der Waals surface area contributed by atoms with Crippen LogP contribution in [0.2, 0.25) is 0 Å². The molecule has 0 spiro atoms. The number of halogens is 1. The zero-order chi connectivity index (χ0) is 12.3. The fourth-order valence-corrected chi connectivity index (χ4v) is 2.76. The highest BCUT2D eigenvalue weighted by atomic mass is 79.9. The van der Waals surface area contributed by atoms with Gasteiger partial charge < -0.3 is 10.4 Å². The molecule has 1 saturated heterocycles. The van der Waals surface area contributed by atoms with Gasteiger partial charge in [0, 0.05) is 4.47 Å². The smallest absolute Gasteiger partial charge is 0.305 e. The van der Waals surface area contributed by atoms with Crippen molar-refractivity contribution in [3.05, 3.63) is 34.3 Å². The minimum absolute atomic E-state index is 0.147. The molecule has 1 heterocycles. The Balaban J connectivity index is 2.31. The van der Waals surface area contributed by atoms with E-state index in [-0.39, 0.29) is 12.0 Å². The van der Waals surface area contributed by atoms with Crippen LogP contribution in [-0.4, -0.2) is 17.6 Å². The lowest BCUT2D eigenvalue weighted by Crippen LogP contribution is -2.47. The van der Waals surface area contributed by atoms with E-state index in [1.807, 2.05) is 24.3 Å². The number of rotatable bonds is 3. The van der Waals surface area contributed by atoms with Crippen molar-refractivity contribution in [1.82, 2.24) is 5.32 Å². The number of nitrogens with one attached hydrogen (secondary N) is 1. The normalized spacial score (nSPS) is 24.5. The van der Waals surface area contributed by atoms with Gasteiger partial charge in [0.15, 0.2) is 0 Å². The van der Waals surface area contributed by atoms with E-state index in [0.717, 1.165) is 35.8 Å². The Morgan fingerprint density at radius 3 is 2.59 bits per heavy atom. The molecule has 0 aromatic heterocycles. The molecule has 0 radical (unpaired) electrons. The molecule has 0 saturated carbocycles. The Morgan fingerprint density at radius 1 is 1.35 bits per heavy atom. The van der Waals surface area contributed by atoms with Gasteiger partial charge in [-0.15, -0.1) is 0 Å². The third-order valence-electron chi connectivity index (χ3n) is 3.34. The number of hydrogen-bond donors (Lipinski definition) is 2. The summed E-state index contributed by atoms with van der Waals surface area (Å²) >= 11 is 3.40. The van der Waals surface area contributed by atoms with Crippen molar-refractivity contribution in [3.63, 3.8) is 0 Å². The highest BCUT2D eigenvalue weighted by Crippen LogP contribution is 2.34. The number of benzene rings is 1. The maximum absolute atomic E-state index is 11.1. The number of carboxylic acids is 1. The Kier molecular flexibility index (Phi) is 3.84. The molecule has 4 heteroatoms. The average molecular weight is 298 g/mol. The molecular weight excluding hydrogens is 282 g/mol. The van der Waals surface area contributed by atoms with E-state index < -0.39 is 5.97 Å². The number of carboxylic acid groups (broad SMARTS) is 1. The van der Waals surface area contributed by atoms with Crippen LogP contribution in [-0.2, 0) is 10.3 Å². The lowest BCUT2D eigenvalue weighted by Gasteiger charge is -2.38. The first-order valence-electron chi connectivity index (χ1n) is 5.85. The highest BCUT2D eigenvalue weighted by Gasteiger charge is 2.35. The Hall–Kier alpha value is -0.870. The Bertz CT molecular complexity index is 396. The molecular formula is C13H16BrNO2. The fraction of sp³-hybridized carbons (Fsp3) is 0.462. The van der Waals surface area contributed by atoms with E-state index in [1.165, 1.54) is 0 Å². The van der Waals surface area contributed by atoms with Crippen LogP contribution >= 0.6 is 15.9 Å². The number of carbonyl (C=O) groups is 1. The predicted octanol–water partition coefficient (Wildman–Crippen LogP) is 2.89. The van der Waals surface area contributed by atoms with Crippen molar-refractivity contribution < 1.29 is 9.90 Å². The van der Waals surface area contributed by atoms with Crippen molar-refractivity contribution in [2.45, 2.75) is 31.2 Å². The van der Waals surface area contributed by atoms with E-state index in [2.05, 4.69) is 21.2 Å². The summed E-state index contributed by atoms with van der Waals surface area (Å²) in [7, 11) is 0. The quantitative estimate of drug-likeness (QED) is 0.902. The van der Waals surface area contributed by atoms with Gasteiger partial charge in [0.2, 0.25) is 0 Å². The predicted molar refractivity (Wildman–Crippen MR) is 69.9 cm³/mol. The van der Waals surface area contributed by atoms with Gasteiger partial charge in [-0.2, -0.15) is 0 Å². The van der Waals surface area contributed by atoms with E-state index in [9.17, 15) is 4.79 Å².